The number of carbonyl (C=O) groups is 1. The van der Waals surface area contributed by atoms with Gasteiger partial charge < -0.3 is 11.1 Å². The van der Waals surface area contributed by atoms with E-state index in [4.69, 9.17) is 5.73 Å². The van der Waals surface area contributed by atoms with Crippen molar-refractivity contribution in [3.05, 3.63) is 71.8 Å². The Labute approximate surface area is 150 Å². The molecule has 126 valence electrons. The summed E-state index contributed by atoms with van der Waals surface area (Å²) in [5.41, 5.74) is 7.97. The van der Waals surface area contributed by atoms with E-state index < -0.39 is 0 Å². The van der Waals surface area contributed by atoms with Gasteiger partial charge in [-0.15, -0.1) is 24.8 Å². The molecule has 0 spiro atoms. The number of hydrogen-bond acceptors (Lipinski definition) is 2. The van der Waals surface area contributed by atoms with E-state index in [0.29, 0.717) is 0 Å². The van der Waals surface area contributed by atoms with Crippen molar-refractivity contribution >= 4 is 30.7 Å². The first kappa shape index (κ1) is 21.4. The summed E-state index contributed by atoms with van der Waals surface area (Å²) in [7, 11) is 0. The maximum atomic E-state index is 11.5. The van der Waals surface area contributed by atoms with Gasteiger partial charge in [0.05, 0.1) is 6.04 Å². The first-order valence-corrected chi connectivity index (χ1v) is 7.36. The second kappa shape index (κ2) is 11.9. The molecule has 0 aromatic heterocycles. The number of primary amides is 1. The van der Waals surface area contributed by atoms with Crippen LogP contribution in [0.15, 0.2) is 60.7 Å². The zero-order chi connectivity index (χ0) is 14.9. The molecule has 0 radical (unpaired) electrons. The summed E-state index contributed by atoms with van der Waals surface area (Å²) in [6, 6.07) is 20.1. The summed E-state index contributed by atoms with van der Waals surface area (Å²) in [5.74, 6) is -0.279. The number of hydrogen-bond donors (Lipinski definition) is 2. The Balaban J connectivity index is 0.00000242. The maximum Gasteiger partial charge on any atom is 0.234 e. The lowest BCUT2D eigenvalue weighted by Gasteiger charge is -2.15. The molecule has 0 fully saturated rings. The molecule has 2 aromatic carbocycles. The SMILES string of the molecule is Cl.Cl.NC(=O)C(CCc1ccccc1)NCCc1ccccc1. The minimum atomic E-state index is -0.279. The predicted octanol–water partition coefficient (Wildman–Crippen LogP) is 3.15. The first-order valence-electron chi connectivity index (χ1n) is 7.36. The van der Waals surface area contributed by atoms with Crippen molar-refractivity contribution in [3.63, 3.8) is 0 Å². The fourth-order valence-corrected chi connectivity index (χ4v) is 2.34. The Kier molecular flexibility index (Phi) is 11.1. The molecule has 1 atom stereocenters. The molecular weight excluding hydrogens is 331 g/mol. The molecule has 2 aromatic rings. The van der Waals surface area contributed by atoms with Gasteiger partial charge in [0.25, 0.3) is 0 Å². The van der Waals surface area contributed by atoms with E-state index in [1.807, 2.05) is 36.4 Å². The fraction of sp³-hybridized carbons (Fsp3) is 0.278. The molecule has 0 aliphatic rings. The van der Waals surface area contributed by atoms with Crippen molar-refractivity contribution in [2.24, 2.45) is 5.73 Å². The number of benzene rings is 2. The number of aryl methyl sites for hydroxylation is 1. The van der Waals surface area contributed by atoms with E-state index in [1.165, 1.54) is 11.1 Å². The smallest absolute Gasteiger partial charge is 0.234 e. The van der Waals surface area contributed by atoms with Crippen LogP contribution in [0.25, 0.3) is 0 Å². The van der Waals surface area contributed by atoms with E-state index in [0.717, 1.165) is 25.8 Å². The van der Waals surface area contributed by atoms with Crippen molar-refractivity contribution in [2.45, 2.75) is 25.3 Å². The van der Waals surface area contributed by atoms with E-state index in [9.17, 15) is 4.79 Å². The zero-order valence-electron chi connectivity index (χ0n) is 13.0. The third-order valence-electron chi connectivity index (χ3n) is 3.56. The Bertz CT molecular complexity index is 549. The summed E-state index contributed by atoms with van der Waals surface area (Å²) in [6.07, 6.45) is 2.48. The number of nitrogens with two attached hydrogens (primary N) is 1. The Morgan fingerprint density at radius 3 is 1.83 bits per heavy atom. The number of carbonyl (C=O) groups excluding carboxylic acids is 1. The van der Waals surface area contributed by atoms with Gasteiger partial charge in [0.15, 0.2) is 0 Å². The van der Waals surface area contributed by atoms with Crippen LogP contribution in [-0.2, 0) is 17.6 Å². The second-order valence-electron chi connectivity index (χ2n) is 5.17. The van der Waals surface area contributed by atoms with Crippen molar-refractivity contribution in [1.29, 1.82) is 0 Å². The van der Waals surface area contributed by atoms with Crippen LogP contribution >= 0.6 is 24.8 Å². The lowest BCUT2D eigenvalue weighted by molar-refractivity contribution is -0.120. The third-order valence-corrected chi connectivity index (χ3v) is 3.56. The number of amides is 1. The average molecular weight is 355 g/mol. The Morgan fingerprint density at radius 2 is 1.35 bits per heavy atom. The van der Waals surface area contributed by atoms with Crippen LogP contribution in [0.2, 0.25) is 0 Å². The average Bonchev–Trinajstić information content (AvgIpc) is 2.52. The van der Waals surface area contributed by atoms with Gasteiger partial charge in [0.1, 0.15) is 0 Å². The minimum Gasteiger partial charge on any atom is -0.368 e. The lowest BCUT2D eigenvalue weighted by atomic mass is 10.0. The van der Waals surface area contributed by atoms with Gasteiger partial charge in [0, 0.05) is 0 Å². The van der Waals surface area contributed by atoms with Crippen molar-refractivity contribution in [3.8, 4) is 0 Å². The molecule has 1 unspecified atom stereocenters. The monoisotopic (exact) mass is 354 g/mol. The van der Waals surface area contributed by atoms with E-state index >= 15 is 0 Å². The fourth-order valence-electron chi connectivity index (χ4n) is 2.34. The van der Waals surface area contributed by atoms with Crippen LogP contribution < -0.4 is 11.1 Å². The summed E-state index contributed by atoms with van der Waals surface area (Å²) >= 11 is 0. The lowest BCUT2D eigenvalue weighted by Crippen LogP contribution is -2.42. The molecule has 3 nitrogen and oxygen atoms in total. The van der Waals surface area contributed by atoms with E-state index in [1.54, 1.807) is 0 Å². The molecule has 3 N–H and O–H groups in total. The quantitative estimate of drug-likeness (QED) is 0.764. The van der Waals surface area contributed by atoms with Crippen molar-refractivity contribution < 1.29 is 4.79 Å². The highest BCUT2D eigenvalue weighted by molar-refractivity contribution is 5.85. The molecule has 5 heteroatoms. The van der Waals surface area contributed by atoms with Crippen LogP contribution in [0.1, 0.15) is 17.5 Å². The summed E-state index contributed by atoms with van der Waals surface area (Å²) < 4.78 is 0. The van der Waals surface area contributed by atoms with Crippen LogP contribution in [0.5, 0.6) is 0 Å². The largest absolute Gasteiger partial charge is 0.368 e. The summed E-state index contributed by atoms with van der Waals surface area (Å²) in [5, 5.41) is 3.26. The standard InChI is InChI=1S/C18H22N2O.2ClH/c19-18(21)17(12-11-15-7-3-1-4-8-15)20-14-13-16-9-5-2-6-10-16;;/h1-10,17,20H,11-14H2,(H2,19,21);2*1H. The van der Waals surface area contributed by atoms with Crippen molar-refractivity contribution in [1.82, 2.24) is 5.32 Å². The van der Waals surface area contributed by atoms with Crippen LogP contribution in [0.3, 0.4) is 0 Å². The van der Waals surface area contributed by atoms with Gasteiger partial charge in [-0.1, -0.05) is 60.7 Å². The molecule has 1 amide bonds. The normalized spacial score (nSPS) is 11.0. The molecule has 0 bridgehead atoms. The van der Waals surface area contributed by atoms with Gasteiger partial charge in [0.2, 0.25) is 5.91 Å². The highest BCUT2D eigenvalue weighted by Gasteiger charge is 2.14. The van der Waals surface area contributed by atoms with E-state index in [-0.39, 0.29) is 36.8 Å². The third kappa shape index (κ3) is 8.03. The molecular formula is C18H24Cl2N2O. The van der Waals surface area contributed by atoms with E-state index in [2.05, 4.69) is 29.6 Å². The summed E-state index contributed by atoms with van der Waals surface area (Å²) in [6.45, 7) is 0.756. The number of rotatable bonds is 8. The molecule has 0 aliphatic heterocycles. The Morgan fingerprint density at radius 1 is 0.870 bits per heavy atom. The molecule has 0 saturated carbocycles. The van der Waals surface area contributed by atoms with Crippen molar-refractivity contribution in [2.75, 3.05) is 6.54 Å². The minimum absolute atomic E-state index is 0. The first-order chi connectivity index (χ1) is 10.3. The zero-order valence-corrected chi connectivity index (χ0v) is 14.6. The van der Waals surface area contributed by atoms with Gasteiger partial charge >= 0.3 is 0 Å². The molecule has 0 saturated heterocycles. The molecule has 0 aliphatic carbocycles. The highest BCUT2D eigenvalue weighted by Crippen LogP contribution is 2.05. The second-order valence-corrected chi connectivity index (χ2v) is 5.17. The van der Waals surface area contributed by atoms with Gasteiger partial charge in [-0.2, -0.15) is 0 Å². The predicted molar refractivity (Wildman–Crippen MR) is 100 cm³/mol. The molecule has 23 heavy (non-hydrogen) atoms. The summed E-state index contributed by atoms with van der Waals surface area (Å²) in [4.78, 5) is 11.5. The number of nitrogens with one attached hydrogen (secondary N) is 1. The topological polar surface area (TPSA) is 55.1 Å². The van der Waals surface area contributed by atoms with Gasteiger partial charge in [-0.25, -0.2) is 0 Å². The highest BCUT2D eigenvalue weighted by atomic mass is 35.5. The van der Waals surface area contributed by atoms with Gasteiger partial charge in [-0.05, 0) is 36.9 Å². The van der Waals surface area contributed by atoms with Crippen LogP contribution in [0.4, 0.5) is 0 Å². The maximum absolute atomic E-state index is 11.5. The van der Waals surface area contributed by atoms with Crippen LogP contribution in [0, 0.1) is 0 Å². The Hall–Kier alpha value is -1.55. The van der Waals surface area contributed by atoms with Gasteiger partial charge in [-0.3, -0.25) is 4.79 Å². The molecule has 0 heterocycles. The molecule has 2 rings (SSSR count). The number of halogens is 2. The van der Waals surface area contributed by atoms with Crippen LogP contribution in [-0.4, -0.2) is 18.5 Å².